The van der Waals surface area contributed by atoms with Crippen LogP contribution >= 0.6 is 0 Å². The molecule has 0 bridgehead atoms. The highest BCUT2D eigenvalue weighted by atomic mass is 32.3. The standard InChI is InChI=1S/C12H10FNO5S/c1-19-9-3-2-8(6-10(9)20(13,17)18)7-14-11(15)4-5-12(14)16/h2-6H,7H2,1H3. The maximum atomic E-state index is 13.1. The van der Waals surface area contributed by atoms with Crippen molar-refractivity contribution in [2.24, 2.45) is 0 Å². The summed E-state index contributed by atoms with van der Waals surface area (Å²) in [7, 11) is -3.75. The summed E-state index contributed by atoms with van der Waals surface area (Å²) in [6, 6.07) is 3.75. The molecular formula is C12H10FNO5S. The van der Waals surface area contributed by atoms with Crippen LogP contribution in [0.3, 0.4) is 0 Å². The van der Waals surface area contributed by atoms with Crippen LogP contribution in [0.4, 0.5) is 3.89 Å². The lowest BCUT2D eigenvalue weighted by atomic mass is 10.2. The van der Waals surface area contributed by atoms with E-state index in [-0.39, 0.29) is 12.3 Å². The molecule has 2 rings (SSSR count). The third kappa shape index (κ3) is 2.69. The van der Waals surface area contributed by atoms with Crippen molar-refractivity contribution < 1.29 is 26.6 Å². The van der Waals surface area contributed by atoms with E-state index in [1.165, 1.54) is 19.2 Å². The van der Waals surface area contributed by atoms with Crippen molar-refractivity contribution in [2.45, 2.75) is 11.4 Å². The van der Waals surface area contributed by atoms with E-state index in [1.54, 1.807) is 0 Å². The van der Waals surface area contributed by atoms with Gasteiger partial charge in [0.1, 0.15) is 10.6 Å². The predicted octanol–water partition coefficient (Wildman–Crippen LogP) is 0.778. The zero-order chi connectivity index (χ0) is 14.9. The van der Waals surface area contributed by atoms with E-state index in [4.69, 9.17) is 4.74 Å². The molecule has 0 aliphatic carbocycles. The van der Waals surface area contributed by atoms with Crippen molar-refractivity contribution in [2.75, 3.05) is 7.11 Å². The van der Waals surface area contributed by atoms with Crippen LogP contribution < -0.4 is 4.74 Å². The Kier molecular flexibility index (Phi) is 3.58. The van der Waals surface area contributed by atoms with Gasteiger partial charge in [-0.25, -0.2) is 0 Å². The predicted molar refractivity (Wildman–Crippen MR) is 66.0 cm³/mol. The van der Waals surface area contributed by atoms with Crippen molar-refractivity contribution >= 4 is 22.0 Å². The van der Waals surface area contributed by atoms with E-state index in [9.17, 15) is 21.9 Å². The van der Waals surface area contributed by atoms with Gasteiger partial charge in [-0.3, -0.25) is 14.5 Å². The van der Waals surface area contributed by atoms with E-state index < -0.39 is 26.9 Å². The lowest BCUT2D eigenvalue weighted by Gasteiger charge is -2.14. The van der Waals surface area contributed by atoms with Crippen LogP contribution in [-0.4, -0.2) is 32.2 Å². The van der Waals surface area contributed by atoms with Crippen molar-refractivity contribution in [3.8, 4) is 5.75 Å². The molecule has 1 aromatic rings. The highest BCUT2D eigenvalue weighted by molar-refractivity contribution is 7.86. The van der Waals surface area contributed by atoms with Crippen molar-refractivity contribution in [1.29, 1.82) is 0 Å². The Hall–Kier alpha value is -2.22. The number of nitrogens with zero attached hydrogens (tertiary/aromatic N) is 1. The second-order valence-corrected chi connectivity index (χ2v) is 5.33. The van der Waals surface area contributed by atoms with Crippen LogP contribution in [0.5, 0.6) is 5.75 Å². The topological polar surface area (TPSA) is 80.8 Å². The third-order valence-corrected chi connectivity index (χ3v) is 3.58. The first kappa shape index (κ1) is 14.2. The first-order valence-electron chi connectivity index (χ1n) is 5.48. The summed E-state index contributed by atoms with van der Waals surface area (Å²) in [4.78, 5) is 23.1. The van der Waals surface area contributed by atoms with Crippen molar-refractivity contribution in [3.05, 3.63) is 35.9 Å². The molecule has 0 unspecified atom stereocenters. The van der Waals surface area contributed by atoms with Crippen LogP contribution in [0.1, 0.15) is 5.56 Å². The normalized spacial score (nSPS) is 15.0. The summed E-state index contributed by atoms with van der Waals surface area (Å²) in [6.45, 7) is -0.142. The molecule has 2 amide bonds. The highest BCUT2D eigenvalue weighted by Gasteiger charge is 2.25. The molecule has 0 fully saturated rings. The molecule has 0 radical (unpaired) electrons. The number of benzene rings is 1. The molecule has 8 heteroatoms. The van der Waals surface area contributed by atoms with Gasteiger partial charge in [-0.2, -0.15) is 8.42 Å². The number of carbonyl (C=O) groups is 2. The number of hydrogen-bond acceptors (Lipinski definition) is 5. The fraction of sp³-hybridized carbons (Fsp3) is 0.167. The van der Waals surface area contributed by atoms with Gasteiger partial charge < -0.3 is 4.74 Å². The summed E-state index contributed by atoms with van der Waals surface area (Å²) in [6.07, 6.45) is 2.22. The Bertz CT molecular complexity index is 693. The number of carbonyl (C=O) groups excluding carboxylic acids is 2. The third-order valence-electron chi connectivity index (χ3n) is 2.73. The summed E-state index contributed by atoms with van der Waals surface area (Å²) in [5.74, 6) is -1.15. The number of rotatable bonds is 4. The molecule has 20 heavy (non-hydrogen) atoms. The van der Waals surface area contributed by atoms with Gasteiger partial charge in [0.15, 0.2) is 0 Å². The first-order chi connectivity index (χ1) is 9.32. The van der Waals surface area contributed by atoms with Crippen molar-refractivity contribution in [1.82, 2.24) is 4.90 Å². The monoisotopic (exact) mass is 299 g/mol. The number of halogens is 1. The van der Waals surface area contributed by atoms with Crippen LogP contribution in [0.25, 0.3) is 0 Å². The largest absolute Gasteiger partial charge is 0.495 e. The molecule has 1 aliphatic rings. The molecule has 1 heterocycles. The Labute approximate surface area is 114 Å². The summed E-state index contributed by atoms with van der Waals surface area (Å²) in [5, 5.41) is 0. The number of ether oxygens (including phenoxy) is 1. The molecule has 0 saturated heterocycles. The molecule has 0 N–H and O–H groups in total. The van der Waals surface area contributed by atoms with Gasteiger partial charge in [0, 0.05) is 12.2 Å². The average Bonchev–Trinajstić information content (AvgIpc) is 2.69. The Morgan fingerprint density at radius 1 is 1.20 bits per heavy atom. The van der Waals surface area contributed by atoms with Gasteiger partial charge in [0.05, 0.1) is 13.7 Å². The Morgan fingerprint density at radius 2 is 1.80 bits per heavy atom. The zero-order valence-corrected chi connectivity index (χ0v) is 11.2. The minimum absolute atomic E-state index is 0.142. The second kappa shape index (κ2) is 5.04. The maximum absolute atomic E-state index is 13.1. The van der Waals surface area contributed by atoms with Gasteiger partial charge in [-0.1, -0.05) is 6.07 Å². The number of hydrogen-bond donors (Lipinski definition) is 0. The van der Waals surface area contributed by atoms with Gasteiger partial charge in [0.2, 0.25) is 0 Å². The smallest absolute Gasteiger partial charge is 0.335 e. The van der Waals surface area contributed by atoms with Crippen molar-refractivity contribution in [3.63, 3.8) is 0 Å². The lowest BCUT2D eigenvalue weighted by molar-refractivity contribution is -0.137. The molecule has 106 valence electrons. The SMILES string of the molecule is COc1ccc(CN2C(=O)C=CC2=O)cc1S(=O)(=O)F. The minimum atomic E-state index is -4.96. The van der Waals surface area contributed by atoms with Crippen LogP contribution in [0.15, 0.2) is 35.2 Å². The molecule has 1 aromatic carbocycles. The van der Waals surface area contributed by atoms with Gasteiger partial charge in [-0.15, -0.1) is 3.89 Å². The molecular weight excluding hydrogens is 289 g/mol. The number of amides is 2. The van der Waals surface area contributed by atoms with E-state index in [2.05, 4.69) is 0 Å². The van der Waals surface area contributed by atoms with Gasteiger partial charge >= 0.3 is 10.2 Å². The fourth-order valence-electron chi connectivity index (χ4n) is 1.78. The van der Waals surface area contributed by atoms with Crippen LogP contribution in [0, 0.1) is 0 Å². The zero-order valence-electron chi connectivity index (χ0n) is 10.4. The second-order valence-electron chi connectivity index (χ2n) is 4.02. The maximum Gasteiger partial charge on any atom is 0.335 e. The highest BCUT2D eigenvalue weighted by Crippen LogP contribution is 2.27. The van der Waals surface area contributed by atoms with Crippen LogP contribution in [0.2, 0.25) is 0 Å². The number of methoxy groups -OCH3 is 1. The molecule has 6 nitrogen and oxygen atoms in total. The van der Waals surface area contributed by atoms with E-state index in [0.29, 0.717) is 5.56 Å². The Morgan fingerprint density at radius 3 is 2.30 bits per heavy atom. The van der Waals surface area contributed by atoms with Gasteiger partial charge in [-0.05, 0) is 17.7 Å². The van der Waals surface area contributed by atoms with E-state index >= 15 is 0 Å². The average molecular weight is 299 g/mol. The van der Waals surface area contributed by atoms with E-state index in [0.717, 1.165) is 23.1 Å². The summed E-state index contributed by atoms with van der Waals surface area (Å²) < 4.78 is 40.0. The lowest BCUT2D eigenvalue weighted by Crippen LogP contribution is -2.29. The quantitative estimate of drug-likeness (QED) is 0.606. The molecule has 0 spiro atoms. The number of imide groups is 1. The van der Waals surface area contributed by atoms with E-state index in [1.807, 2.05) is 0 Å². The summed E-state index contributed by atoms with van der Waals surface area (Å²) in [5.41, 5.74) is 0.299. The Balaban J connectivity index is 2.35. The molecule has 0 aromatic heterocycles. The molecule has 0 saturated carbocycles. The molecule has 0 atom stereocenters. The fourth-order valence-corrected chi connectivity index (χ4v) is 2.46. The first-order valence-corrected chi connectivity index (χ1v) is 6.86. The van der Waals surface area contributed by atoms with Gasteiger partial charge in [0.25, 0.3) is 11.8 Å². The van der Waals surface area contributed by atoms with Crippen LogP contribution in [-0.2, 0) is 26.4 Å². The summed E-state index contributed by atoms with van der Waals surface area (Å²) >= 11 is 0. The molecule has 1 aliphatic heterocycles. The minimum Gasteiger partial charge on any atom is -0.495 e.